The van der Waals surface area contributed by atoms with Gasteiger partial charge in [-0.1, -0.05) is 13.0 Å². The van der Waals surface area contributed by atoms with Crippen molar-refractivity contribution in [3.05, 3.63) is 12.7 Å². The summed E-state index contributed by atoms with van der Waals surface area (Å²) < 4.78 is 24.5. The van der Waals surface area contributed by atoms with E-state index in [4.69, 9.17) is 5.11 Å². The topological polar surface area (TPSA) is 37.3 Å². The molecule has 0 bridgehead atoms. The Bertz CT molecular complexity index is 154. The predicted octanol–water partition coefficient (Wildman–Crippen LogP) is 1.53. The van der Waals surface area contributed by atoms with Crippen molar-refractivity contribution >= 4 is 5.97 Å². The van der Waals surface area contributed by atoms with Gasteiger partial charge in [0, 0.05) is 5.92 Å². The number of hydrogen-bond acceptors (Lipinski definition) is 1. The van der Waals surface area contributed by atoms with Gasteiger partial charge in [-0.15, -0.1) is 6.58 Å². The summed E-state index contributed by atoms with van der Waals surface area (Å²) in [7, 11) is 0. The first-order valence-corrected chi connectivity index (χ1v) is 2.66. The van der Waals surface area contributed by atoms with E-state index in [1.807, 2.05) is 0 Å². The Balaban J connectivity index is 4.38. The van der Waals surface area contributed by atoms with Gasteiger partial charge in [-0.25, -0.2) is 4.79 Å². The zero-order chi connectivity index (χ0) is 8.36. The Morgan fingerprint density at radius 3 is 2.30 bits per heavy atom. The third kappa shape index (κ3) is 1.52. The fraction of sp³-hybridized carbons (Fsp3) is 0.500. The Labute approximate surface area is 57.2 Å². The van der Waals surface area contributed by atoms with Crippen LogP contribution in [0.25, 0.3) is 0 Å². The number of halogens is 2. The van der Waals surface area contributed by atoms with E-state index < -0.39 is 17.8 Å². The van der Waals surface area contributed by atoms with E-state index in [0.29, 0.717) is 0 Å². The summed E-state index contributed by atoms with van der Waals surface area (Å²) in [4.78, 5) is 9.82. The van der Waals surface area contributed by atoms with Crippen molar-refractivity contribution in [2.45, 2.75) is 12.8 Å². The molecule has 0 heterocycles. The summed E-state index contributed by atoms with van der Waals surface area (Å²) >= 11 is 0. The molecule has 0 spiro atoms. The standard InChI is InChI=1S/C6H8F2O2/c1-3-4(2)6(7,8)5(9)10/h3-4H,1H2,2H3,(H,9,10). The van der Waals surface area contributed by atoms with E-state index in [0.717, 1.165) is 13.0 Å². The van der Waals surface area contributed by atoms with Crippen molar-refractivity contribution in [1.82, 2.24) is 0 Å². The van der Waals surface area contributed by atoms with Crippen LogP contribution in [0, 0.1) is 5.92 Å². The first-order valence-electron chi connectivity index (χ1n) is 2.66. The molecule has 0 amide bonds. The zero-order valence-electron chi connectivity index (χ0n) is 5.47. The van der Waals surface area contributed by atoms with Crippen LogP contribution >= 0.6 is 0 Å². The predicted molar refractivity (Wildman–Crippen MR) is 31.9 cm³/mol. The fourth-order valence-corrected chi connectivity index (χ4v) is 0.343. The Morgan fingerprint density at radius 2 is 2.20 bits per heavy atom. The fourth-order valence-electron chi connectivity index (χ4n) is 0.343. The van der Waals surface area contributed by atoms with Gasteiger partial charge < -0.3 is 5.11 Å². The van der Waals surface area contributed by atoms with E-state index >= 15 is 0 Å². The molecular weight excluding hydrogens is 142 g/mol. The SMILES string of the molecule is C=CC(C)C(F)(F)C(=O)O. The average Bonchev–Trinajstić information content (AvgIpc) is 1.86. The van der Waals surface area contributed by atoms with Crippen molar-refractivity contribution in [3.63, 3.8) is 0 Å². The Kier molecular flexibility index (Phi) is 2.51. The lowest BCUT2D eigenvalue weighted by atomic mass is 10.0. The molecule has 1 N–H and O–H groups in total. The minimum Gasteiger partial charge on any atom is -0.477 e. The molecule has 10 heavy (non-hydrogen) atoms. The molecule has 0 saturated heterocycles. The monoisotopic (exact) mass is 150 g/mol. The minimum atomic E-state index is -3.69. The quantitative estimate of drug-likeness (QED) is 0.619. The van der Waals surface area contributed by atoms with E-state index in [9.17, 15) is 13.6 Å². The molecule has 0 aromatic rings. The van der Waals surface area contributed by atoms with Gasteiger partial charge in [0.15, 0.2) is 0 Å². The molecule has 0 saturated carbocycles. The minimum absolute atomic E-state index is 0.911. The highest BCUT2D eigenvalue weighted by Crippen LogP contribution is 2.24. The van der Waals surface area contributed by atoms with Gasteiger partial charge >= 0.3 is 11.9 Å². The highest BCUT2D eigenvalue weighted by molar-refractivity contribution is 5.75. The summed E-state index contributed by atoms with van der Waals surface area (Å²) in [5.41, 5.74) is 0. The molecule has 0 radical (unpaired) electrons. The van der Waals surface area contributed by atoms with Crippen LogP contribution in [-0.4, -0.2) is 17.0 Å². The molecular formula is C6H8F2O2. The molecule has 0 aromatic carbocycles. The highest BCUT2D eigenvalue weighted by atomic mass is 19.3. The van der Waals surface area contributed by atoms with Crippen LogP contribution in [0.4, 0.5) is 8.78 Å². The van der Waals surface area contributed by atoms with Crippen molar-refractivity contribution in [3.8, 4) is 0 Å². The van der Waals surface area contributed by atoms with Gasteiger partial charge in [0.05, 0.1) is 0 Å². The van der Waals surface area contributed by atoms with Crippen LogP contribution in [0.15, 0.2) is 12.7 Å². The number of carboxylic acids is 1. The third-order valence-electron chi connectivity index (χ3n) is 1.21. The maximum absolute atomic E-state index is 12.3. The summed E-state index contributed by atoms with van der Waals surface area (Å²) in [6, 6.07) is 0. The summed E-state index contributed by atoms with van der Waals surface area (Å²) in [5.74, 6) is -7.13. The number of alkyl halides is 2. The first-order chi connectivity index (χ1) is 4.42. The van der Waals surface area contributed by atoms with Gasteiger partial charge in [-0.3, -0.25) is 0 Å². The van der Waals surface area contributed by atoms with Crippen molar-refractivity contribution in [2.75, 3.05) is 0 Å². The van der Waals surface area contributed by atoms with Gasteiger partial charge in [-0.2, -0.15) is 8.78 Å². The first kappa shape index (κ1) is 9.07. The van der Waals surface area contributed by atoms with E-state index in [1.54, 1.807) is 0 Å². The van der Waals surface area contributed by atoms with Crippen LogP contribution in [0.2, 0.25) is 0 Å². The molecule has 58 valence electrons. The third-order valence-corrected chi connectivity index (χ3v) is 1.21. The molecule has 0 aliphatic rings. The van der Waals surface area contributed by atoms with Crippen molar-refractivity contribution in [1.29, 1.82) is 0 Å². The second-order valence-corrected chi connectivity index (χ2v) is 1.95. The molecule has 1 unspecified atom stereocenters. The van der Waals surface area contributed by atoms with Gasteiger partial charge in [0.2, 0.25) is 0 Å². The van der Waals surface area contributed by atoms with Crippen LogP contribution in [0.1, 0.15) is 6.92 Å². The normalized spacial score (nSPS) is 14.3. The molecule has 4 heteroatoms. The molecule has 2 nitrogen and oxygen atoms in total. The van der Waals surface area contributed by atoms with Crippen LogP contribution in [0.3, 0.4) is 0 Å². The van der Waals surface area contributed by atoms with E-state index in [-0.39, 0.29) is 0 Å². The number of carbonyl (C=O) groups is 1. The van der Waals surface area contributed by atoms with Gasteiger partial charge in [0.1, 0.15) is 0 Å². The zero-order valence-corrected chi connectivity index (χ0v) is 5.47. The van der Waals surface area contributed by atoms with Crippen molar-refractivity contribution < 1.29 is 18.7 Å². The maximum atomic E-state index is 12.3. The Hall–Kier alpha value is -0.930. The molecule has 1 atom stereocenters. The van der Waals surface area contributed by atoms with Crippen LogP contribution < -0.4 is 0 Å². The Morgan fingerprint density at radius 1 is 1.80 bits per heavy atom. The summed E-state index contributed by atoms with van der Waals surface area (Å²) in [6.45, 7) is 4.16. The van der Waals surface area contributed by atoms with Gasteiger partial charge in [-0.05, 0) is 0 Å². The molecule has 0 aliphatic carbocycles. The number of aliphatic carboxylic acids is 1. The van der Waals surface area contributed by atoms with Crippen LogP contribution in [0.5, 0.6) is 0 Å². The summed E-state index contributed by atoms with van der Waals surface area (Å²) in [5, 5.41) is 7.94. The van der Waals surface area contributed by atoms with Gasteiger partial charge in [0.25, 0.3) is 0 Å². The number of rotatable bonds is 3. The molecule has 0 fully saturated rings. The lowest BCUT2D eigenvalue weighted by Gasteiger charge is -2.14. The molecule has 0 aliphatic heterocycles. The molecule has 0 rings (SSSR count). The van der Waals surface area contributed by atoms with E-state index in [2.05, 4.69) is 6.58 Å². The lowest BCUT2D eigenvalue weighted by Crippen LogP contribution is -2.34. The molecule has 0 aromatic heterocycles. The average molecular weight is 150 g/mol. The number of allylic oxidation sites excluding steroid dienone is 1. The van der Waals surface area contributed by atoms with E-state index in [1.165, 1.54) is 0 Å². The number of carboxylic acid groups (broad SMARTS) is 1. The largest absolute Gasteiger partial charge is 0.477 e. The second kappa shape index (κ2) is 2.77. The van der Waals surface area contributed by atoms with Crippen LogP contribution in [-0.2, 0) is 4.79 Å². The number of hydrogen-bond donors (Lipinski definition) is 1. The smallest absolute Gasteiger partial charge is 0.375 e. The lowest BCUT2D eigenvalue weighted by molar-refractivity contribution is -0.169. The van der Waals surface area contributed by atoms with Crippen molar-refractivity contribution in [2.24, 2.45) is 5.92 Å². The maximum Gasteiger partial charge on any atom is 0.375 e. The highest BCUT2D eigenvalue weighted by Gasteiger charge is 2.43. The summed E-state index contributed by atoms with van der Waals surface area (Å²) in [6.07, 6.45) is 0.911. The second-order valence-electron chi connectivity index (χ2n) is 1.95.